The van der Waals surface area contributed by atoms with E-state index >= 15 is 0 Å². The normalized spacial score (nSPS) is 21.8. The molecule has 2 aliphatic heterocycles. The van der Waals surface area contributed by atoms with E-state index in [1.54, 1.807) is 29.2 Å². The van der Waals surface area contributed by atoms with Gasteiger partial charge in [0, 0.05) is 12.4 Å². The van der Waals surface area contributed by atoms with Crippen LogP contribution < -0.4 is 0 Å². The summed E-state index contributed by atoms with van der Waals surface area (Å²) in [7, 11) is 0. The second-order valence-electron chi connectivity index (χ2n) is 6.40. The van der Waals surface area contributed by atoms with Crippen LogP contribution >= 0.6 is 11.6 Å². The summed E-state index contributed by atoms with van der Waals surface area (Å²) in [6.45, 7) is 0.502. The van der Waals surface area contributed by atoms with Gasteiger partial charge in [0.1, 0.15) is 6.04 Å². The van der Waals surface area contributed by atoms with Crippen molar-refractivity contribution in [2.75, 3.05) is 12.4 Å². The summed E-state index contributed by atoms with van der Waals surface area (Å²) >= 11 is 5.78. The highest BCUT2D eigenvalue weighted by Gasteiger charge is 2.56. The number of halogens is 1. The van der Waals surface area contributed by atoms with Gasteiger partial charge in [-0.25, -0.2) is 0 Å². The molecule has 6 heteroatoms. The zero-order chi connectivity index (χ0) is 18.3. The Morgan fingerprint density at radius 2 is 1.38 bits per heavy atom. The molecular weight excluding hydrogens is 352 g/mol. The monoisotopic (exact) mass is 368 g/mol. The van der Waals surface area contributed by atoms with Gasteiger partial charge in [0.15, 0.2) is 0 Å². The summed E-state index contributed by atoms with van der Waals surface area (Å²) in [6, 6.07) is 15.0. The number of amides is 3. The number of carbonyl (C=O) groups excluding carboxylic acids is 3. The number of β-lactam (4-membered cyclic amide) rings is 1. The summed E-state index contributed by atoms with van der Waals surface area (Å²) in [4.78, 5) is 41.2. The van der Waals surface area contributed by atoms with Crippen LogP contribution in [0.4, 0.5) is 0 Å². The number of hydrogen-bond acceptors (Lipinski definition) is 3. The highest BCUT2D eigenvalue weighted by Crippen LogP contribution is 2.41. The number of nitrogens with zero attached hydrogens (tertiary/aromatic N) is 2. The third kappa shape index (κ3) is 2.42. The average molecular weight is 369 g/mol. The van der Waals surface area contributed by atoms with Crippen molar-refractivity contribution in [1.82, 2.24) is 9.80 Å². The van der Waals surface area contributed by atoms with Gasteiger partial charge in [-0.05, 0) is 24.1 Å². The zero-order valence-electron chi connectivity index (χ0n) is 14.0. The number of likely N-dealkylation sites (tertiary alicyclic amines) is 1. The second-order valence-corrected chi connectivity index (χ2v) is 6.78. The molecule has 2 heterocycles. The number of alkyl halides is 1. The summed E-state index contributed by atoms with van der Waals surface area (Å²) < 4.78 is 0. The lowest BCUT2D eigenvalue weighted by molar-refractivity contribution is -0.156. The van der Waals surface area contributed by atoms with Gasteiger partial charge < -0.3 is 4.90 Å². The summed E-state index contributed by atoms with van der Waals surface area (Å²) in [6.07, 6.45) is 0.658. The SMILES string of the molecule is O=C1[C@@H](N2C(=O)c3ccccc3C2=O)[C@@H](c2ccccc2)N1CCCCl. The van der Waals surface area contributed by atoms with Gasteiger partial charge in [0.2, 0.25) is 5.91 Å². The van der Waals surface area contributed by atoms with Crippen molar-refractivity contribution < 1.29 is 14.4 Å². The summed E-state index contributed by atoms with van der Waals surface area (Å²) in [5.74, 6) is -0.564. The third-order valence-electron chi connectivity index (χ3n) is 4.95. The van der Waals surface area contributed by atoms with E-state index in [1.165, 1.54) is 0 Å². The van der Waals surface area contributed by atoms with Crippen molar-refractivity contribution in [2.24, 2.45) is 0 Å². The first-order valence-corrected chi connectivity index (χ1v) is 9.07. The first kappa shape index (κ1) is 16.8. The van der Waals surface area contributed by atoms with Crippen LogP contribution in [0.1, 0.15) is 38.7 Å². The Kier molecular flexibility index (Phi) is 4.24. The van der Waals surface area contributed by atoms with E-state index < -0.39 is 17.9 Å². The molecule has 5 nitrogen and oxygen atoms in total. The maximum absolute atomic E-state index is 12.8. The van der Waals surface area contributed by atoms with Crippen LogP contribution in [0, 0.1) is 0 Å². The van der Waals surface area contributed by atoms with Crippen molar-refractivity contribution in [2.45, 2.75) is 18.5 Å². The van der Waals surface area contributed by atoms with E-state index in [4.69, 9.17) is 11.6 Å². The number of imide groups is 1. The quantitative estimate of drug-likeness (QED) is 0.463. The molecule has 132 valence electrons. The topological polar surface area (TPSA) is 57.7 Å². The first-order chi connectivity index (χ1) is 12.6. The predicted molar refractivity (Wildman–Crippen MR) is 97.0 cm³/mol. The first-order valence-electron chi connectivity index (χ1n) is 8.53. The van der Waals surface area contributed by atoms with Crippen molar-refractivity contribution in [3.63, 3.8) is 0 Å². The van der Waals surface area contributed by atoms with Crippen LogP contribution in [-0.4, -0.2) is 46.0 Å². The fourth-order valence-corrected chi connectivity index (χ4v) is 3.85. The molecule has 2 atom stereocenters. The van der Waals surface area contributed by atoms with Crippen molar-refractivity contribution >= 4 is 29.3 Å². The van der Waals surface area contributed by atoms with Gasteiger partial charge in [-0.3, -0.25) is 19.3 Å². The molecule has 0 aliphatic carbocycles. The van der Waals surface area contributed by atoms with Crippen LogP contribution in [0.2, 0.25) is 0 Å². The maximum atomic E-state index is 12.8. The molecule has 0 bridgehead atoms. The molecule has 2 aromatic rings. The molecular formula is C20H17ClN2O3. The van der Waals surface area contributed by atoms with E-state index in [9.17, 15) is 14.4 Å². The molecule has 2 aromatic carbocycles. The molecule has 0 spiro atoms. The Balaban J connectivity index is 1.70. The Morgan fingerprint density at radius 1 is 0.808 bits per heavy atom. The highest BCUT2D eigenvalue weighted by molar-refractivity contribution is 6.23. The molecule has 0 aromatic heterocycles. The molecule has 4 rings (SSSR count). The molecule has 0 N–H and O–H groups in total. The van der Waals surface area contributed by atoms with Gasteiger partial charge >= 0.3 is 0 Å². The Bertz CT molecular complexity index is 849. The molecule has 3 amide bonds. The van der Waals surface area contributed by atoms with E-state index in [0.717, 1.165) is 10.5 Å². The fraction of sp³-hybridized carbons (Fsp3) is 0.250. The molecule has 0 saturated carbocycles. The van der Waals surface area contributed by atoms with Gasteiger partial charge in [-0.1, -0.05) is 42.5 Å². The molecule has 2 aliphatic rings. The fourth-order valence-electron chi connectivity index (χ4n) is 3.73. The lowest BCUT2D eigenvalue weighted by Gasteiger charge is -2.50. The van der Waals surface area contributed by atoms with Crippen molar-refractivity contribution in [3.8, 4) is 0 Å². The predicted octanol–water partition coefficient (Wildman–Crippen LogP) is 2.86. The van der Waals surface area contributed by atoms with Crippen LogP contribution in [0.25, 0.3) is 0 Å². The molecule has 26 heavy (non-hydrogen) atoms. The summed E-state index contributed by atoms with van der Waals surface area (Å²) in [5, 5.41) is 0. The Hall–Kier alpha value is -2.66. The smallest absolute Gasteiger partial charge is 0.262 e. The number of benzene rings is 2. The van der Waals surface area contributed by atoms with Crippen LogP contribution in [0.15, 0.2) is 54.6 Å². The maximum Gasteiger partial charge on any atom is 0.262 e. The minimum absolute atomic E-state index is 0.210. The molecule has 1 fully saturated rings. The van der Waals surface area contributed by atoms with Gasteiger partial charge in [0.25, 0.3) is 11.8 Å². The zero-order valence-corrected chi connectivity index (χ0v) is 14.7. The standard InChI is InChI=1S/C20H17ClN2O3/c21-11-6-12-22-16(13-7-2-1-3-8-13)17(20(22)26)23-18(24)14-9-4-5-10-15(14)19(23)25/h1-5,7-10,16-17H,6,11-12H2/t16-,17+/m1/s1. The third-order valence-corrected chi connectivity index (χ3v) is 5.22. The number of carbonyl (C=O) groups is 3. The molecule has 1 saturated heterocycles. The van der Waals surface area contributed by atoms with Crippen LogP contribution in [-0.2, 0) is 4.79 Å². The van der Waals surface area contributed by atoms with Crippen LogP contribution in [0.3, 0.4) is 0 Å². The average Bonchev–Trinajstić information content (AvgIpc) is 2.92. The number of rotatable bonds is 5. The Labute approximate surface area is 156 Å². The number of fused-ring (bicyclic) bond motifs is 1. The van der Waals surface area contributed by atoms with Gasteiger partial charge in [-0.2, -0.15) is 0 Å². The highest BCUT2D eigenvalue weighted by atomic mass is 35.5. The second kappa shape index (κ2) is 6.57. The molecule has 0 unspecified atom stereocenters. The van der Waals surface area contributed by atoms with E-state index in [-0.39, 0.29) is 11.9 Å². The molecule has 0 radical (unpaired) electrons. The lowest BCUT2D eigenvalue weighted by atomic mass is 9.87. The van der Waals surface area contributed by atoms with Gasteiger partial charge in [-0.15, -0.1) is 11.6 Å². The lowest BCUT2D eigenvalue weighted by Crippen LogP contribution is -2.66. The Morgan fingerprint density at radius 3 is 1.96 bits per heavy atom. The van der Waals surface area contributed by atoms with E-state index in [1.807, 2.05) is 30.3 Å². The summed E-state index contributed by atoms with van der Waals surface area (Å²) in [5.41, 5.74) is 1.62. The van der Waals surface area contributed by atoms with E-state index in [2.05, 4.69) is 0 Å². The minimum atomic E-state index is -0.805. The van der Waals surface area contributed by atoms with Gasteiger partial charge in [0.05, 0.1) is 17.2 Å². The van der Waals surface area contributed by atoms with Crippen molar-refractivity contribution in [1.29, 1.82) is 0 Å². The minimum Gasteiger partial charge on any atom is -0.331 e. The van der Waals surface area contributed by atoms with E-state index in [0.29, 0.717) is 30.0 Å². The largest absolute Gasteiger partial charge is 0.331 e. The van der Waals surface area contributed by atoms with Crippen molar-refractivity contribution in [3.05, 3.63) is 71.3 Å². The van der Waals surface area contributed by atoms with Crippen LogP contribution in [0.5, 0.6) is 0 Å². The number of hydrogen-bond donors (Lipinski definition) is 0.